The first-order valence-corrected chi connectivity index (χ1v) is 8.37. The summed E-state index contributed by atoms with van der Waals surface area (Å²) in [5.41, 5.74) is 0.613. The third-order valence-electron chi connectivity index (χ3n) is 4.21. The summed E-state index contributed by atoms with van der Waals surface area (Å²) in [4.78, 5) is 39.3. The quantitative estimate of drug-likeness (QED) is 0.862. The summed E-state index contributed by atoms with van der Waals surface area (Å²) < 4.78 is 0. The molecule has 2 rings (SSSR count). The number of piperidine rings is 1. The lowest BCUT2D eigenvalue weighted by molar-refractivity contribution is -0.147. The van der Waals surface area contributed by atoms with E-state index in [1.54, 1.807) is 17.0 Å². The van der Waals surface area contributed by atoms with E-state index in [1.807, 2.05) is 25.1 Å². The Morgan fingerprint density at radius 3 is 2.58 bits per heavy atom. The molecule has 1 aromatic carbocycles. The average Bonchev–Trinajstić information content (AvgIpc) is 2.60. The number of hydrogen-bond acceptors (Lipinski definition) is 3. The molecule has 1 atom stereocenters. The summed E-state index contributed by atoms with van der Waals surface area (Å²) in [6.07, 6.45) is 2.15. The van der Waals surface area contributed by atoms with Crippen LogP contribution >= 0.6 is 0 Å². The summed E-state index contributed by atoms with van der Waals surface area (Å²) in [5, 5.41) is 8.99. The Bertz CT molecular complexity index is 588. The highest BCUT2D eigenvalue weighted by atomic mass is 16.4. The van der Waals surface area contributed by atoms with Crippen LogP contribution in [0.1, 0.15) is 36.5 Å². The number of amides is 2. The topological polar surface area (TPSA) is 77.9 Å². The van der Waals surface area contributed by atoms with Crippen LogP contribution < -0.4 is 0 Å². The second-order valence-electron chi connectivity index (χ2n) is 6.11. The molecule has 6 nitrogen and oxygen atoms in total. The molecular weight excluding hydrogens is 308 g/mol. The summed E-state index contributed by atoms with van der Waals surface area (Å²) in [6.45, 7) is 3.04. The number of carboxylic acids is 1. The largest absolute Gasteiger partial charge is 0.480 e. The number of nitrogens with zero attached hydrogens (tertiary/aromatic N) is 2. The van der Waals surface area contributed by atoms with Gasteiger partial charge < -0.3 is 14.9 Å². The van der Waals surface area contributed by atoms with E-state index in [4.69, 9.17) is 5.11 Å². The molecule has 130 valence electrons. The summed E-state index contributed by atoms with van der Waals surface area (Å²) in [5.74, 6) is -1.57. The molecule has 0 aliphatic carbocycles. The molecule has 1 aliphatic heterocycles. The van der Waals surface area contributed by atoms with Crippen LogP contribution in [0.25, 0.3) is 0 Å². The number of carbonyl (C=O) groups excluding carboxylic acids is 2. The van der Waals surface area contributed by atoms with E-state index in [2.05, 4.69) is 0 Å². The van der Waals surface area contributed by atoms with Crippen LogP contribution in [0.3, 0.4) is 0 Å². The molecule has 1 fully saturated rings. The van der Waals surface area contributed by atoms with Crippen LogP contribution in [0.4, 0.5) is 0 Å². The Morgan fingerprint density at radius 2 is 1.96 bits per heavy atom. The van der Waals surface area contributed by atoms with Crippen LogP contribution in [0.2, 0.25) is 0 Å². The van der Waals surface area contributed by atoms with E-state index in [1.165, 1.54) is 4.90 Å². The van der Waals surface area contributed by atoms with Gasteiger partial charge in [-0.25, -0.2) is 0 Å². The van der Waals surface area contributed by atoms with Gasteiger partial charge in [-0.15, -0.1) is 0 Å². The monoisotopic (exact) mass is 332 g/mol. The van der Waals surface area contributed by atoms with Crippen molar-refractivity contribution in [2.24, 2.45) is 5.92 Å². The number of likely N-dealkylation sites (tertiary alicyclic amines) is 1. The molecule has 24 heavy (non-hydrogen) atoms. The number of hydrogen-bond donors (Lipinski definition) is 1. The van der Waals surface area contributed by atoms with Crippen molar-refractivity contribution in [3.8, 4) is 0 Å². The lowest BCUT2D eigenvalue weighted by Gasteiger charge is -2.34. The first-order valence-electron chi connectivity index (χ1n) is 8.37. The second-order valence-corrected chi connectivity index (χ2v) is 6.11. The number of carbonyl (C=O) groups is 3. The predicted molar refractivity (Wildman–Crippen MR) is 89.6 cm³/mol. The molecule has 0 spiro atoms. The maximum Gasteiger partial charge on any atom is 0.323 e. The molecule has 0 bridgehead atoms. The van der Waals surface area contributed by atoms with E-state index in [9.17, 15) is 14.4 Å². The predicted octanol–water partition coefficient (Wildman–Crippen LogP) is 1.86. The Balaban J connectivity index is 2.04. The Labute approximate surface area is 142 Å². The van der Waals surface area contributed by atoms with E-state index in [0.29, 0.717) is 38.0 Å². The molecule has 1 heterocycles. The fraction of sp³-hybridized carbons (Fsp3) is 0.500. The highest BCUT2D eigenvalue weighted by Gasteiger charge is 2.31. The van der Waals surface area contributed by atoms with Gasteiger partial charge in [-0.2, -0.15) is 0 Å². The SMILES string of the molecule is CCCN(CC(=O)O)C(=O)C1CCCN(C(=O)c2ccccc2)C1. The van der Waals surface area contributed by atoms with Crippen molar-refractivity contribution in [3.63, 3.8) is 0 Å². The van der Waals surface area contributed by atoms with Crippen molar-refractivity contribution in [2.75, 3.05) is 26.2 Å². The van der Waals surface area contributed by atoms with Crippen LogP contribution in [-0.2, 0) is 9.59 Å². The molecule has 0 aromatic heterocycles. The van der Waals surface area contributed by atoms with Gasteiger partial charge in [0.05, 0.1) is 5.92 Å². The lowest BCUT2D eigenvalue weighted by Crippen LogP contribution is -2.48. The minimum absolute atomic E-state index is 0.0756. The highest BCUT2D eigenvalue weighted by molar-refractivity contribution is 5.94. The maximum absolute atomic E-state index is 12.7. The van der Waals surface area contributed by atoms with Gasteiger partial charge in [-0.3, -0.25) is 14.4 Å². The fourth-order valence-electron chi connectivity index (χ4n) is 3.09. The van der Waals surface area contributed by atoms with E-state index in [0.717, 1.165) is 6.42 Å². The van der Waals surface area contributed by atoms with Crippen molar-refractivity contribution in [1.82, 2.24) is 9.80 Å². The van der Waals surface area contributed by atoms with Gasteiger partial charge in [0.25, 0.3) is 5.91 Å². The first-order chi connectivity index (χ1) is 11.5. The molecule has 1 N–H and O–H groups in total. The Kier molecular flexibility index (Phi) is 6.35. The van der Waals surface area contributed by atoms with Crippen LogP contribution in [0.5, 0.6) is 0 Å². The van der Waals surface area contributed by atoms with Gasteiger partial charge in [-0.05, 0) is 31.4 Å². The average molecular weight is 332 g/mol. The minimum Gasteiger partial charge on any atom is -0.480 e. The van der Waals surface area contributed by atoms with Crippen LogP contribution in [-0.4, -0.2) is 58.9 Å². The molecule has 6 heteroatoms. The minimum atomic E-state index is -1.01. The molecule has 0 saturated carbocycles. The zero-order valence-electron chi connectivity index (χ0n) is 14.0. The zero-order chi connectivity index (χ0) is 17.5. The summed E-state index contributed by atoms with van der Waals surface area (Å²) in [6, 6.07) is 9.02. The zero-order valence-corrected chi connectivity index (χ0v) is 14.0. The van der Waals surface area contributed by atoms with Gasteiger partial charge in [0.1, 0.15) is 6.54 Å². The molecule has 1 saturated heterocycles. The number of aliphatic carboxylic acids is 1. The van der Waals surface area contributed by atoms with Gasteiger partial charge in [0.15, 0.2) is 0 Å². The van der Waals surface area contributed by atoms with Gasteiger partial charge >= 0.3 is 5.97 Å². The third kappa shape index (κ3) is 4.57. The second kappa shape index (κ2) is 8.47. The standard InChI is InChI=1S/C18H24N2O4/c1-2-10-19(13-16(21)22)18(24)15-9-6-11-20(12-15)17(23)14-7-4-3-5-8-14/h3-5,7-8,15H,2,6,9-13H2,1H3,(H,21,22). The summed E-state index contributed by atoms with van der Waals surface area (Å²) in [7, 11) is 0. The van der Waals surface area contributed by atoms with Crippen molar-refractivity contribution in [3.05, 3.63) is 35.9 Å². The molecule has 1 aromatic rings. The molecular formula is C18H24N2O4. The number of rotatable bonds is 6. The Hall–Kier alpha value is -2.37. The maximum atomic E-state index is 12.7. The van der Waals surface area contributed by atoms with Crippen LogP contribution in [0, 0.1) is 5.92 Å². The van der Waals surface area contributed by atoms with Crippen LogP contribution in [0.15, 0.2) is 30.3 Å². The summed E-state index contributed by atoms with van der Waals surface area (Å²) >= 11 is 0. The fourth-order valence-corrected chi connectivity index (χ4v) is 3.09. The van der Waals surface area contributed by atoms with Crippen molar-refractivity contribution >= 4 is 17.8 Å². The van der Waals surface area contributed by atoms with Crippen molar-refractivity contribution in [2.45, 2.75) is 26.2 Å². The molecule has 1 unspecified atom stereocenters. The normalized spacial score (nSPS) is 17.4. The molecule has 2 amide bonds. The van der Waals surface area contributed by atoms with Crippen molar-refractivity contribution < 1.29 is 19.5 Å². The smallest absolute Gasteiger partial charge is 0.323 e. The first kappa shape index (κ1) is 18.0. The molecule has 1 aliphatic rings. The van der Waals surface area contributed by atoms with Gasteiger partial charge in [0.2, 0.25) is 5.91 Å². The number of benzene rings is 1. The van der Waals surface area contributed by atoms with E-state index >= 15 is 0 Å². The van der Waals surface area contributed by atoms with E-state index < -0.39 is 5.97 Å². The lowest BCUT2D eigenvalue weighted by atomic mass is 9.95. The Morgan fingerprint density at radius 1 is 1.25 bits per heavy atom. The molecule has 0 radical (unpaired) electrons. The van der Waals surface area contributed by atoms with E-state index in [-0.39, 0.29) is 24.3 Å². The highest BCUT2D eigenvalue weighted by Crippen LogP contribution is 2.21. The van der Waals surface area contributed by atoms with Crippen molar-refractivity contribution in [1.29, 1.82) is 0 Å². The van der Waals surface area contributed by atoms with Gasteiger partial charge in [-0.1, -0.05) is 25.1 Å². The third-order valence-corrected chi connectivity index (χ3v) is 4.21. The number of carboxylic acid groups (broad SMARTS) is 1. The van der Waals surface area contributed by atoms with Gasteiger partial charge in [0, 0.05) is 25.2 Å².